The molecular weight excluding hydrogens is 328 g/mol. The molecule has 0 N–H and O–H groups in total. The molecule has 138 valence electrons. The van der Waals surface area contributed by atoms with E-state index in [9.17, 15) is 0 Å². The third-order valence-corrected chi connectivity index (χ3v) is 5.32. The summed E-state index contributed by atoms with van der Waals surface area (Å²) in [6.45, 7) is 8.33. The van der Waals surface area contributed by atoms with Crippen molar-refractivity contribution in [1.29, 1.82) is 0 Å². The topological polar surface area (TPSA) is 36.9 Å². The van der Waals surface area contributed by atoms with Gasteiger partial charge in [0.1, 0.15) is 25.9 Å². The van der Waals surface area contributed by atoms with Crippen LogP contribution >= 0.6 is 0 Å². The number of hydrogen-bond donors (Lipinski definition) is 0. The van der Waals surface area contributed by atoms with Crippen molar-refractivity contribution in [3.63, 3.8) is 0 Å². The van der Waals surface area contributed by atoms with Gasteiger partial charge in [0.25, 0.3) is 0 Å². The fraction of sp³-hybridized carbons (Fsp3) is 0.455. The van der Waals surface area contributed by atoms with E-state index in [4.69, 9.17) is 18.9 Å². The van der Waals surface area contributed by atoms with E-state index >= 15 is 0 Å². The first kappa shape index (κ1) is 17.1. The maximum Gasteiger partial charge on any atom is 0.164 e. The van der Waals surface area contributed by atoms with Crippen LogP contribution < -0.4 is 18.9 Å². The summed E-state index contributed by atoms with van der Waals surface area (Å²) < 4.78 is 23.6. The first-order chi connectivity index (χ1) is 12.7. The Balaban J connectivity index is 1.48. The van der Waals surface area contributed by atoms with Gasteiger partial charge in [0.2, 0.25) is 0 Å². The molecule has 0 aliphatic carbocycles. The van der Waals surface area contributed by atoms with E-state index in [1.54, 1.807) is 0 Å². The zero-order valence-electron chi connectivity index (χ0n) is 15.7. The molecule has 0 radical (unpaired) electrons. The Bertz CT molecular complexity index is 799. The van der Waals surface area contributed by atoms with Crippen molar-refractivity contribution in [1.82, 2.24) is 0 Å². The van der Waals surface area contributed by atoms with Crippen molar-refractivity contribution < 1.29 is 18.9 Å². The van der Waals surface area contributed by atoms with E-state index in [2.05, 4.69) is 39.0 Å². The van der Waals surface area contributed by atoms with Crippen LogP contribution in [-0.2, 0) is 6.42 Å². The third-order valence-electron chi connectivity index (χ3n) is 5.32. The van der Waals surface area contributed by atoms with Gasteiger partial charge >= 0.3 is 0 Å². The largest absolute Gasteiger partial charge is 0.486 e. The quantitative estimate of drug-likeness (QED) is 0.800. The van der Waals surface area contributed by atoms with Crippen LogP contribution in [0, 0.1) is 6.92 Å². The summed E-state index contributed by atoms with van der Waals surface area (Å²) in [6.07, 6.45) is 1.95. The smallest absolute Gasteiger partial charge is 0.164 e. The van der Waals surface area contributed by atoms with Crippen molar-refractivity contribution in [2.45, 2.75) is 45.6 Å². The molecule has 0 aromatic heterocycles. The zero-order chi connectivity index (χ0) is 18.1. The lowest BCUT2D eigenvalue weighted by molar-refractivity contribution is 0.0795. The summed E-state index contributed by atoms with van der Waals surface area (Å²) in [5.41, 5.74) is 3.75. The van der Waals surface area contributed by atoms with E-state index in [0.717, 1.165) is 35.8 Å². The molecular formula is C22H26O4. The number of ether oxygens (including phenoxy) is 4. The van der Waals surface area contributed by atoms with Gasteiger partial charge in [-0.1, -0.05) is 26.0 Å². The molecule has 0 amide bonds. The predicted octanol–water partition coefficient (Wildman–Crippen LogP) is 4.66. The van der Waals surface area contributed by atoms with E-state index in [-0.39, 0.29) is 6.10 Å². The Labute approximate surface area is 155 Å². The highest BCUT2D eigenvalue weighted by molar-refractivity contribution is 5.51. The minimum absolute atomic E-state index is 0.0523. The molecule has 0 saturated carbocycles. The Morgan fingerprint density at radius 2 is 1.77 bits per heavy atom. The number of rotatable bonds is 4. The van der Waals surface area contributed by atoms with Gasteiger partial charge in [-0.2, -0.15) is 0 Å². The summed E-state index contributed by atoms with van der Waals surface area (Å²) >= 11 is 0. The third kappa shape index (κ3) is 3.20. The first-order valence-corrected chi connectivity index (χ1v) is 9.47. The van der Waals surface area contributed by atoms with E-state index < -0.39 is 0 Å². The number of hydrogen-bond acceptors (Lipinski definition) is 4. The molecule has 0 saturated heterocycles. The Hall–Kier alpha value is -2.36. The molecule has 4 rings (SSSR count). The lowest BCUT2D eigenvalue weighted by atomic mass is 9.94. The van der Waals surface area contributed by atoms with Gasteiger partial charge in [-0.05, 0) is 60.6 Å². The molecule has 2 aliphatic heterocycles. The van der Waals surface area contributed by atoms with Crippen molar-refractivity contribution in [3.05, 3.63) is 47.0 Å². The van der Waals surface area contributed by atoms with E-state index in [1.165, 1.54) is 16.7 Å². The van der Waals surface area contributed by atoms with Crippen LogP contribution in [0.5, 0.6) is 23.0 Å². The molecule has 26 heavy (non-hydrogen) atoms. The molecule has 2 heterocycles. The van der Waals surface area contributed by atoms with Crippen LogP contribution in [-0.4, -0.2) is 25.9 Å². The number of aryl methyl sites for hydroxylation is 1. The lowest BCUT2D eigenvalue weighted by Gasteiger charge is -2.30. The monoisotopic (exact) mass is 354 g/mol. The van der Waals surface area contributed by atoms with Crippen molar-refractivity contribution in [2.75, 3.05) is 19.8 Å². The molecule has 4 nitrogen and oxygen atoms in total. The number of benzene rings is 2. The van der Waals surface area contributed by atoms with Gasteiger partial charge in [0.05, 0.1) is 0 Å². The average molecular weight is 354 g/mol. The van der Waals surface area contributed by atoms with Crippen molar-refractivity contribution in [3.8, 4) is 23.0 Å². The first-order valence-electron chi connectivity index (χ1n) is 9.47. The highest BCUT2D eigenvalue weighted by atomic mass is 16.6. The van der Waals surface area contributed by atoms with Gasteiger partial charge < -0.3 is 18.9 Å². The molecule has 0 fully saturated rings. The lowest BCUT2D eigenvalue weighted by Crippen LogP contribution is -2.31. The second-order valence-electron chi connectivity index (χ2n) is 7.12. The summed E-state index contributed by atoms with van der Waals surface area (Å²) in [6, 6.07) is 10.4. The van der Waals surface area contributed by atoms with Crippen molar-refractivity contribution in [2.24, 2.45) is 0 Å². The normalized spacial score (nSPS) is 19.1. The Kier molecular flexibility index (Phi) is 4.66. The maximum absolute atomic E-state index is 6.33. The van der Waals surface area contributed by atoms with E-state index in [0.29, 0.717) is 25.7 Å². The second-order valence-corrected chi connectivity index (χ2v) is 7.12. The summed E-state index contributed by atoms with van der Waals surface area (Å²) in [7, 11) is 0. The molecule has 4 heteroatoms. The van der Waals surface area contributed by atoms with E-state index in [1.807, 2.05) is 12.1 Å². The molecule has 2 aromatic rings. The second kappa shape index (κ2) is 7.10. The minimum Gasteiger partial charge on any atom is -0.486 e. The predicted molar refractivity (Wildman–Crippen MR) is 101 cm³/mol. The highest BCUT2D eigenvalue weighted by Gasteiger charge is 2.26. The van der Waals surface area contributed by atoms with Crippen LogP contribution in [0.2, 0.25) is 0 Å². The molecule has 2 atom stereocenters. The van der Waals surface area contributed by atoms with Crippen LogP contribution in [0.1, 0.15) is 42.9 Å². The summed E-state index contributed by atoms with van der Waals surface area (Å²) in [5.74, 6) is 3.80. The van der Waals surface area contributed by atoms with Gasteiger partial charge in [-0.25, -0.2) is 0 Å². The van der Waals surface area contributed by atoms with Crippen LogP contribution in [0.25, 0.3) is 0 Å². The standard InChI is InChI=1S/C22H26O4/c1-4-16-5-8-20-22(15(16)3)26-18(13-25-20)11-14(2)17-6-7-19-21(12-17)24-10-9-23-19/h5-8,12,14,18H,4,9-11,13H2,1-3H3. The fourth-order valence-electron chi connectivity index (χ4n) is 3.75. The van der Waals surface area contributed by atoms with Gasteiger partial charge in [-0.15, -0.1) is 0 Å². The molecule has 0 bridgehead atoms. The highest BCUT2D eigenvalue weighted by Crippen LogP contribution is 2.39. The molecule has 2 unspecified atom stereocenters. The fourth-order valence-corrected chi connectivity index (χ4v) is 3.75. The maximum atomic E-state index is 6.33. The van der Waals surface area contributed by atoms with Crippen LogP contribution in [0.15, 0.2) is 30.3 Å². The van der Waals surface area contributed by atoms with Crippen LogP contribution in [0.4, 0.5) is 0 Å². The Morgan fingerprint density at radius 1 is 1.00 bits per heavy atom. The van der Waals surface area contributed by atoms with Crippen LogP contribution in [0.3, 0.4) is 0 Å². The number of fused-ring (bicyclic) bond motifs is 2. The van der Waals surface area contributed by atoms with Gasteiger partial charge in [0, 0.05) is 0 Å². The molecule has 2 aromatic carbocycles. The summed E-state index contributed by atoms with van der Waals surface area (Å²) in [5, 5.41) is 0. The molecule has 0 spiro atoms. The average Bonchev–Trinajstić information content (AvgIpc) is 2.68. The van der Waals surface area contributed by atoms with Gasteiger partial charge in [-0.3, -0.25) is 0 Å². The summed E-state index contributed by atoms with van der Waals surface area (Å²) in [4.78, 5) is 0. The minimum atomic E-state index is 0.0523. The van der Waals surface area contributed by atoms with Gasteiger partial charge in [0.15, 0.2) is 23.0 Å². The zero-order valence-corrected chi connectivity index (χ0v) is 15.7. The van der Waals surface area contributed by atoms with Crippen molar-refractivity contribution >= 4 is 0 Å². The molecule has 2 aliphatic rings. The Morgan fingerprint density at radius 3 is 2.58 bits per heavy atom. The SMILES string of the molecule is CCc1ccc2c(c1C)OC(CC(C)c1ccc3c(c1)OCCO3)CO2.